The fraction of sp³-hybridized carbons (Fsp3) is 0.278. The van der Waals surface area contributed by atoms with Gasteiger partial charge in [-0.15, -0.1) is 0 Å². The number of rotatable bonds is 5. The average Bonchev–Trinajstić information content (AvgIpc) is 2.63. The minimum absolute atomic E-state index is 0.00471. The topological polar surface area (TPSA) is 93.5 Å². The summed E-state index contributed by atoms with van der Waals surface area (Å²) in [4.78, 5) is 23.2. The summed E-state index contributed by atoms with van der Waals surface area (Å²) >= 11 is 0. The van der Waals surface area contributed by atoms with Crippen LogP contribution in [0.2, 0.25) is 0 Å². The maximum Gasteiger partial charge on any atom is 0.270 e. The van der Waals surface area contributed by atoms with E-state index < -0.39 is 4.92 Å². The first-order valence-corrected chi connectivity index (χ1v) is 8.16. The lowest BCUT2D eigenvalue weighted by Crippen LogP contribution is -2.45. The van der Waals surface area contributed by atoms with Crippen molar-refractivity contribution in [1.29, 1.82) is 0 Å². The Balaban J connectivity index is 1.86. The van der Waals surface area contributed by atoms with Gasteiger partial charge in [0.15, 0.2) is 0 Å². The summed E-state index contributed by atoms with van der Waals surface area (Å²) in [5.41, 5.74) is 0.0101. The molecule has 1 atom stereocenters. The molecule has 0 spiro atoms. The summed E-state index contributed by atoms with van der Waals surface area (Å²) in [5.74, 6) is 0.478. The molecule has 7 nitrogen and oxygen atoms in total. The molecule has 7 heteroatoms. The highest BCUT2D eigenvalue weighted by Gasteiger charge is 2.22. The summed E-state index contributed by atoms with van der Waals surface area (Å²) in [7, 11) is 0. The molecule has 2 aromatic carbocycles. The number of hydrogen-bond donors (Lipinski definition) is 2. The van der Waals surface area contributed by atoms with Crippen molar-refractivity contribution in [3.8, 4) is 11.5 Å². The van der Waals surface area contributed by atoms with Gasteiger partial charge >= 0.3 is 0 Å². The second kappa shape index (κ2) is 7.76. The van der Waals surface area contributed by atoms with Crippen molar-refractivity contribution >= 4 is 11.6 Å². The van der Waals surface area contributed by atoms with Gasteiger partial charge in [0.2, 0.25) is 0 Å². The highest BCUT2D eigenvalue weighted by atomic mass is 16.6. The van der Waals surface area contributed by atoms with Gasteiger partial charge in [-0.2, -0.15) is 0 Å². The smallest absolute Gasteiger partial charge is 0.270 e. The van der Waals surface area contributed by atoms with E-state index in [0.717, 1.165) is 19.4 Å². The predicted molar refractivity (Wildman–Crippen MR) is 93.0 cm³/mol. The monoisotopic (exact) mass is 341 g/mol. The van der Waals surface area contributed by atoms with Crippen LogP contribution in [0, 0.1) is 10.1 Å². The molecule has 2 N–H and O–H groups in total. The van der Waals surface area contributed by atoms with E-state index in [1.54, 1.807) is 12.1 Å². The van der Waals surface area contributed by atoms with Crippen LogP contribution in [0.4, 0.5) is 5.69 Å². The largest absolute Gasteiger partial charge is 0.457 e. The molecule has 1 amide bonds. The van der Waals surface area contributed by atoms with Gasteiger partial charge in [0.05, 0.1) is 10.5 Å². The predicted octanol–water partition coefficient (Wildman–Crippen LogP) is 2.87. The lowest BCUT2D eigenvalue weighted by Gasteiger charge is -2.24. The van der Waals surface area contributed by atoms with Gasteiger partial charge in [-0.1, -0.05) is 18.2 Å². The van der Waals surface area contributed by atoms with E-state index in [1.165, 1.54) is 18.2 Å². The van der Waals surface area contributed by atoms with Crippen molar-refractivity contribution in [2.45, 2.75) is 18.9 Å². The first-order valence-electron chi connectivity index (χ1n) is 8.16. The first kappa shape index (κ1) is 16.9. The summed E-state index contributed by atoms with van der Waals surface area (Å²) in [6, 6.07) is 13.0. The number of amides is 1. The van der Waals surface area contributed by atoms with Crippen LogP contribution < -0.4 is 15.4 Å². The highest BCUT2D eigenvalue weighted by molar-refractivity contribution is 5.98. The molecule has 0 aliphatic carbocycles. The van der Waals surface area contributed by atoms with Gasteiger partial charge in [-0.05, 0) is 37.6 Å². The third kappa shape index (κ3) is 4.33. The third-order valence-electron chi connectivity index (χ3n) is 4.02. The van der Waals surface area contributed by atoms with Crippen molar-refractivity contribution in [3.05, 3.63) is 64.2 Å². The molecule has 1 aliphatic heterocycles. The third-order valence-corrected chi connectivity index (χ3v) is 4.02. The molecule has 1 aliphatic rings. The maximum atomic E-state index is 12.7. The molecule has 1 saturated heterocycles. The molecular formula is C18H19N3O4. The van der Waals surface area contributed by atoms with Crippen LogP contribution in [0.15, 0.2) is 48.5 Å². The van der Waals surface area contributed by atoms with Crippen molar-refractivity contribution in [3.63, 3.8) is 0 Å². The van der Waals surface area contributed by atoms with Crippen molar-refractivity contribution in [2.75, 3.05) is 13.1 Å². The van der Waals surface area contributed by atoms with Gasteiger partial charge in [-0.25, -0.2) is 0 Å². The number of benzene rings is 2. The lowest BCUT2D eigenvalue weighted by atomic mass is 10.1. The van der Waals surface area contributed by atoms with Crippen LogP contribution in [0.3, 0.4) is 0 Å². The number of nitro groups is 1. The van der Waals surface area contributed by atoms with E-state index in [4.69, 9.17) is 4.74 Å². The number of nitrogens with zero attached hydrogens (tertiary/aromatic N) is 1. The number of ether oxygens (including phenoxy) is 1. The molecule has 130 valence electrons. The zero-order valence-corrected chi connectivity index (χ0v) is 13.6. The molecule has 3 rings (SSSR count). The van der Waals surface area contributed by atoms with E-state index in [9.17, 15) is 14.9 Å². The average molecular weight is 341 g/mol. The number of non-ortho nitro benzene ring substituents is 1. The van der Waals surface area contributed by atoms with Crippen LogP contribution in [0.1, 0.15) is 23.2 Å². The van der Waals surface area contributed by atoms with Crippen LogP contribution in [-0.2, 0) is 0 Å². The quantitative estimate of drug-likeness (QED) is 0.644. The number of carbonyl (C=O) groups excluding carboxylic acids is 1. The lowest BCUT2D eigenvalue weighted by molar-refractivity contribution is -0.384. The Morgan fingerprint density at radius 2 is 2.04 bits per heavy atom. The number of piperidine rings is 1. The molecule has 0 saturated carbocycles. The second-order valence-corrected chi connectivity index (χ2v) is 5.87. The van der Waals surface area contributed by atoms with E-state index in [2.05, 4.69) is 10.6 Å². The summed E-state index contributed by atoms with van der Waals surface area (Å²) in [6.07, 6.45) is 1.86. The molecular weight excluding hydrogens is 322 g/mol. The number of para-hydroxylation sites is 1. The molecule has 2 aromatic rings. The molecule has 1 fully saturated rings. The van der Waals surface area contributed by atoms with E-state index in [0.29, 0.717) is 12.3 Å². The van der Waals surface area contributed by atoms with Crippen molar-refractivity contribution < 1.29 is 14.5 Å². The highest BCUT2D eigenvalue weighted by Crippen LogP contribution is 2.29. The SMILES string of the molecule is O=C(NC1CCCNC1)c1cc([N+](=O)[O-])ccc1Oc1ccccc1. The Bertz CT molecular complexity index is 758. The number of carbonyl (C=O) groups is 1. The van der Waals surface area contributed by atoms with E-state index >= 15 is 0 Å². The molecule has 1 unspecified atom stereocenters. The Hall–Kier alpha value is -2.93. The minimum Gasteiger partial charge on any atom is -0.457 e. The minimum atomic E-state index is -0.523. The fourth-order valence-corrected chi connectivity index (χ4v) is 2.75. The van der Waals surface area contributed by atoms with Crippen molar-refractivity contribution in [1.82, 2.24) is 10.6 Å². The van der Waals surface area contributed by atoms with Gasteiger partial charge in [-0.3, -0.25) is 14.9 Å². The Kier molecular flexibility index (Phi) is 5.25. The van der Waals surface area contributed by atoms with Gasteiger partial charge in [0.1, 0.15) is 11.5 Å². The summed E-state index contributed by atoms with van der Waals surface area (Å²) < 4.78 is 5.76. The van der Waals surface area contributed by atoms with Crippen LogP contribution >= 0.6 is 0 Å². The number of nitrogens with one attached hydrogen (secondary N) is 2. The fourth-order valence-electron chi connectivity index (χ4n) is 2.75. The normalized spacial score (nSPS) is 16.9. The molecule has 0 bridgehead atoms. The standard InChI is InChI=1S/C18H19N3O4/c22-18(20-13-5-4-10-19-12-13)16-11-14(21(23)24)8-9-17(16)25-15-6-2-1-3-7-15/h1-3,6-9,11,13,19H,4-5,10,12H2,(H,20,22). The first-order chi connectivity index (χ1) is 12.1. The Morgan fingerprint density at radius 3 is 2.72 bits per heavy atom. The van der Waals surface area contributed by atoms with E-state index in [1.807, 2.05) is 18.2 Å². The number of hydrogen-bond acceptors (Lipinski definition) is 5. The summed E-state index contributed by atoms with van der Waals surface area (Å²) in [5, 5.41) is 17.2. The Morgan fingerprint density at radius 1 is 1.24 bits per heavy atom. The van der Waals surface area contributed by atoms with Gasteiger partial charge in [0, 0.05) is 24.7 Å². The van der Waals surface area contributed by atoms with Gasteiger partial charge < -0.3 is 15.4 Å². The number of nitro benzene ring substituents is 1. The van der Waals surface area contributed by atoms with Gasteiger partial charge in [0.25, 0.3) is 11.6 Å². The zero-order valence-electron chi connectivity index (χ0n) is 13.6. The molecule has 0 aromatic heterocycles. The van der Waals surface area contributed by atoms with Crippen LogP contribution in [0.5, 0.6) is 11.5 Å². The second-order valence-electron chi connectivity index (χ2n) is 5.87. The molecule has 25 heavy (non-hydrogen) atoms. The van der Waals surface area contributed by atoms with Crippen LogP contribution in [-0.4, -0.2) is 30.0 Å². The Labute approximate surface area is 145 Å². The molecule has 0 radical (unpaired) electrons. The maximum absolute atomic E-state index is 12.7. The van der Waals surface area contributed by atoms with Crippen molar-refractivity contribution in [2.24, 2.45) is 0 Å². The zero-order chi connectivity index (χ0) is 17.6. The van der Waals surface area contributed by atoms with E-state index in [-0.39, 0.29) is 28.9 Å². The van der Waals surface area contributed by atoms with Crippen LogP contribution in [0.25, 0.3) is 0 Å². The summed E-state index contributed by atoms with van der Waals surface area (Å²) in [6.45, 7) is 1.63. The molecule has 1 heterocycles.